The van der Waals surface area contributed by atoms with Gasteiger partial charge in [0.15, 0.2) is 0 Å². The topological polar surface area (TPSA) is 40.5 Å². The highest BCUT2D eigenvalue weighted by atomic mass is 19.4. The van der Waals surface area contributed by atoms with Crippen molar-refractivity contribution >= 4 is 5.91 Å². The van der Waals surface area contributed by atoms with Crippen LogP contribution < -0.4 is 0 Å². The molecular formula is C15H18F3NO2. The number of aliphatic hydroxyl groups is 1. The Morgan fingerprint density at radius 1 is 1.24 bits per heavy atom. The van der Waals surface area contributed by atoms with Gasteiger partial charge in [-0.25, -0.2) is 0 Å². The molecule has 0 bridgehead atoms. The van der Waals surface area contributed by atoms with Crippen molar-refractivity contribution in [2.75, 3.05) is 7.05 Å². The van der Waals surface area contributed by atoms with Gasteiger partial charge in [0.2, 0.25) is 0 Å². The molecule has 116 valence electrons. The van der Waals surface area contributed by atoms with Crippen molar-refractivity contribution in [1.82, 2.24) is 4.90 Å². The summed E-state index contributed by atoms with van der Waals surface area (Å²) in [6.07, 6.45) is -2.33. The molecule has 1 aromatic carbocycles. The third-order valence-corrected chi connectivity index (χ3v) is 3.97. The molecule has 2 atom stereocenters. The predicted octanol–water partition coefficient (Wildman–Crippen LogP) is 3.08. The number of amides is 1. The summed E-state index contributed by atoms with van der Waals surface area (Å²) in [6, 6.07) is 4.32. The average Bonchev–Trinajstić information content (AvgIpc) is 2.45. The fraction of sp³-hybridized carbons (Fsp3) is 0.533. The number of carbonyl (C=O) groups is 1. The molecule has 0 heterocycles. The summed E-state index contributed by atoms with van der Waals surface area (Å²) < 4.78 is 38.9. The van der Waals surface area contributed by atoms with Crippen molar-refractivity contribution < 1.29 is 23.1 Å². The number of carbonyl (C=O) groups excluding carboxylic acids is 1. The maximum atomic E-state index is 13.0. The Kier molecular flexibility index (Phi) is 4.56. The highest BCUT2D eigenvalue weighted by Crippen LogP contribution is 2.33. The first-order valence-corrected chi connectivity index (χ1v) is 6.94. The fourth-order valence-corrected chi connectivity index (χ4v) is 2.80. The number of rotatable bonds is 2. The summed E-state index contributed by atoms with van der Waals surface area (Å²) in [5.41, 5.74) is -1.31. The van der Waals surface area contributed by atoms with Gasteiger partial charge in [-0.05, 0) is 25.0 Å². The maximum absolute atomic E-state index is 13.0. The SMILES string of the molecule is CN(C(=O)c1ccccc1C(F)(F)F)C1CCCCC1O. The Bertz CT molecular complexity index is 516. The molecular weight excluding hydrogens is 283 g/mol. The first-order valence-electron chi connectivity index (χ1n) is 6.94. The number of benzene rings is 1. The van der Waals surface area contributed by atoms with E-state index in [0.29, 0.717) is 12.8 Å². The van der Waals surface area contributed by atoms with E-state index < -0.39 is 29.8 Å². The number of halogens is 3. The molecule has 2 rings (SSSR count). The zero-order chi connectivity index (χ0) is 15.6. The predicted molar refractivity (Wildman–Crippen MR) is 71.8 cm³/mol. The van der Waals surface area contributed by atoms with Crippen LogP contribution in [0.25, 0.3) is 0 Å². The quantitative estimate of drug-likeness (QED) is 0.912. The lowest BCUT2D eigenvalue weighted by molar-refractivity contribution is -0.138. The lowest BCUT2D eigenvalue weighted by Crippen LogP contribution is -2.46. The molecule has 1 saturated carbocycles. The molecule has 0 aliphatic heterocycles. The van der Waals surface area contributed by atoms with E-state index in [1.807, 2.05) is 0 Å². The third kappa shape index (κ3) is 3.37. The Morgan fingerprint density at radius 2 is 1.86 bits per heavy atom. The van der Waals surface area contributed by atoms with Crippen LogP contribution in [0.2, 0.25) is 0 Å². The zero-order valence-electron chi connectivity index (χ0n) is 11.7. The van der Waals surface area contributed by atoms with Crippen LogP contribution in [0.1, 0.15) is 41.6 Å². The van der Waals surface area contributed by atoms with Crippen LogP contribution in [0.5, 0.6) is 0 Å². The lowest BCUT2D eigenvalue weighted by atomic mass is 9.91. The van der Waals surface area contributed by atoms with Crippen molar-refractivity contribution in [3.8, 4) is 0 Å². The Hall–Kier alpha value is -1.56. The molecule has 3 nitrogen and oxygen atoms in total. The van der Waals surface area contributed by atoms with Crippen molar-refractivity contribution in [3.63, 3.8) is 0 Å². The Labute approximate surface area is 121 Å². The van der Waals surface area contributed by atoms with Gasteiger partial charge in [0.05, 0.1) is 23.3 Å². The van der Waals surface area contributed by atoms with Crippen molar-refractivity contribution in [3.05, 3.63) is 35.4 Å². The minimum absolute atomic E-state index is 0.370. The summed E-state index contributed by atoms with van der Waals surface area (Å²) in [5, 5.41) is 9.95. The van der Waals surface area contributed by atoms with E-state index in [9.17, 15) is 23.1 Å². The van der Waals surface area contributed by atoms with Gasteiger partial charge in [-0.3, -0.25) is 4.79 Å². The van der Waals surface area contributed by atoms with E-state index in [1.165, 1.54) is 30.1 Å². The van der Waals surface area contributed by atoms with Crippen LogP contribution in [-0.4, -0.2) is 35.1 Å². The number of aliphatic hydroxyl groups excluding tert-OH is 1. The summed E-state index contributed by atoms with van der Waals surface area (Å²) in [7, 11) is 1.45. The second-order valence-corrected chi connectivity index (χ2v) is 5.38. The van der Waals surface area contributed by atoms with Crippen molar-refractivity contribution in [2.45, 2.75) is 44.0 Å². The normalized spacial score (nSPS) is 22.9. The molecule has 0 spiro atoms. The minimum Gasteiger partial charge on any atom is -0.391 e. The number of alkyl halides is 3. The number of hydrogen-bond acceptors (Lipinski definition) is 2. The number of likely N-dealkylation sites (N-methyl/N-ethyl adjacent to an activating group) is 1. The molecule has 1 aliphatic carbocycles. The van der Waals surface area contributed by atoms with E-state index in [1.54, 1.807) is 0 Å². The average molecular weight is 301 g/mol. The number of hydrogen-bond donors (Lipinski definition) is 1. The highest BCUT2D eigenvalue weighted by molar-refractivity contribution is 5.96. The van der Waals surface area contributed by atoms with Crippen LogP contribution in [0.4, 0.5) is 13.2 Å². The van der Waals surface area contributed by atoms with Crippen LogP contribution in [0.15, 0.2) is 24.3 Å². The molecule has 6 heteroatoms. The second kappa shape index (κ2) is 6.05. The molecule has 2 unspecified atom stereocenters. The van der Waals surface area contributed by atoms with Gasteiger partial charge in [-0.1, -0.05) is 25.0 Å². The van der Waals surface area contributed by atoms with Gasteiger partial charge >= 0.3 is 6.18 Å². The smallest absolute Gasteiger partial charge is 0.391 e. The van der Waals surface area contributed by atoms with Gasteiger partial charge in [0, 0.05) is 7.05 Å². The molecule has 1 aromatic rings. The van der Waals surface area contributed by atoms with Crippen LogP contribution >= 0.6 is 0 Å². The first kappa shape index (κ1) is 15.8. The molecule has 0 aromatic heterocycles. The molecule has 1 aliphatic rings. The van der Waals surface area contributed by atoms with Gasteiger partial charge in [0.25, 0.3) is 5.91 Å². The van der Waals surface area contributed by atoms with Gasteiger partial charge in [0.1, 0.15) is 0 Å². The minimum atomic E-state index is -4.57. The molecule has 1 fully saturated rings. The van der Waals surface area contributed by atoms with Crippen LogP contribution in [0.3, 0.4) is 0 Å². The molecule has 0 radical (unpaired) electrons. The fourth-order valence-electron chi connectivity index (χ4n) is 2.80. The maximum Gasteiger partial charge on any atom is 0.417 e. The molecule has 1 N–H and O–H groups in total. The largest absolute Gasteiger partial charge is 0.417 e. The monoisotopic (exact) mass is 301 g/mol. The van der Waals surface area contributed by atoms with Crippen molar-refractivity contribution in [2.24, 2.45) is 0 Å². The summed E-state index contributed by atoms with van der Waals surface area (Å²) >= 11 is 0. The van der Waals surface area contributed by atoms with Crippen molar-refractivity contribution in [1.29, 1.82) is 0 Å². The Morgan fingerprint density at radius 3 is 2.48 bits per heavy atom. The van der Waals surface area contributed by atoms with E-state index in [4.69, 9.17) is 0 Å². The lowest BCUT2D eigenvalue weighted by Gasteiger charge is -2.35. The molecule has 0 saturated heterocycles. The highest BCUT2D eigenvalue weighted by Gasteiger charge is 2.37. The van der Waals surface area contributed by atoms with E-state index in [-0.39, 0.29) is 5.56 Å². The van der Waals surface area contributed by atoms with Gasteiger partial charge < -0.3 is 10.0 Å². The summed E-state index contributed by atoms with van der Waals surface area (Å²) in [5.74, 6) is -0.700. The van der Waals surface area contributed by atoms with E-state index in [0.717, 1.165) is 18.9 Å². The third-order valence-electron chi connectivity index (χ3n) is 3.97. The molecule has 1 amide bonds. The van der Waals surface area contributed by atoms with Gasteiger partial charge in [-0.2, -0.15) is 13.2 Å². The summed E-state index contributed by atoms with van der Waals surface area (Å²) in [6.45, 7) is 0. The first-order chi connectivity index (χ1) is 9.82. The summed E-state index contributed by atoms with van der Waals surface area (Å²) in [4.78, 5) is 13.6. The van der Waals surface area contributed by atoms with Crippen LogP contribution in [0, 0.1) is 0 Å². The number of nitrogens with zero attached hydrogens (tertiary/aromatic N) is 1. The zero-order valence-corrected chi connectivity index (χ0v) is 11.7. The Balaban J connectivity index is 2.28. The van der Waals surface area contributed by atoms with Crippen LogP contribution in [-0.2, 0) is 6.18 Å². The van der Waals surface area contributed by atoms with E-state index in [2.05, 4.69) is 0 Å². The molecule has 21 heavy (non-hydrogen) atoms. The standard InChI is InChI=1S/C15H18F3NO2/c1-19(12-8-4-5-9-13(12)20)14(21)10-6-2-3-7-11(10)15(16,17)18/h2-3,6-7,12-13,20H,4-5,8-9H2,1H3. The van der Waals surface area contributed by atoms with E-state index >= 15 is 0 Å². The van der Waals surface area contributed by atoms with Gasteiger partial charge in [-0.15, -0.1) is 0 Å². The second-order valence-electron chi connectivity index (χ2n) is 5.38.